The van der Waals surface area contributed by atoms with Crippen LogP contribution < -0.4 is 0 Å². The average Bonchev–Trinajstić information content (AvgIpc) is 1.97. The maximum absolute atomic E-state index is 11.0. The van der Waals surface area contributed by atoms with E-state index in [0.29, 0.717) is 6.42 Å². The van der Waals surface area contributed by atoms with Crippen LogP contribution in [-0.2, 0) is 14.3 Å². The van der Waals surface area contributed by atoms with Crippen LogP contribution in [0.3, 0.4) is 0 Å². The fourth-order valence-electron chi connectivity index (χ4n) is 1.02. The molecule has 16 heavy (non-hydrogen) atoms. The van der Waals surface area contributed by atoms with Gasteiger partial charge in [0.1, 0.15) is 8.07 Å². The van der Waals surface area contributed by atoms with Gasteiger partial charge >= 0.3 is 0 Å². The summed E-state index contributed by atoms with van der Waals surface area (Å²) in [6.07, 6.45) is 1.22. The van der Waals surface area contributed by atoms with Gasteiger partial charge in [-0.05, 0) is 5.92 Å². The topological polar surface area (TPSA) is 43.4 Å². The van der Waals surface area contributed by atoms with Crippen molar-refractivity contribution in [1.82, 2.24) is 0 Å². The Kier molecular flexibility index (Phi) is 5.74. The smallest absolute Gasteiger partial charge is 0.264 e. The average molecular weight is 262 g/mol. The molecule has 0 bridgehead atoms. The minimum absolute atomic E-state index is 0.144. The second kappa shape index (κ2) is 5.85. The standard InChI is InChI=1S/C11H22O3SSi/c1-10(2)11(14-15(3,12)13)8-7-9-16(4,5)6/h10-11H,8H2,1-6H3/t11-/m0/s1. The molecule has 0 aliphatic heterocycles. The van der Waals surface area contributed by atoms with Crippen molar-refractivity contribution in [3.63, 3.8) is 0 Å². The highest BCUT2D eigenvalue weighted by atomic mass is 32.2. The predicted octanol–water partition coefficient (Wildman–Crippen LogP) is 2.26. The van der Waals surface area contributed by atoms with Crippen LogP contribution in [0.25, 0.3) is 0 Å². The van der Waals surface area contributed by atoms with Gasteiger partial charge in [0.25, 0.3) is 10.1 Å². The van der Waals surface area contributed by atoms with Crippen molar-refractivity contribution in [2.45, 2.75) is 46.0 Å². The van der Waals surface area contributed by atoms with E-state index >= 15 is 0 Å². The summed E-state index contributed by atoms with van der Waals surface area (Å²) in [7, 11) is -4.77. The molecule has 0 amide bonds. The first-order valence-corrected chi connectivity index (χ1v) is 10.7. The highest BCUT2D eigenvalue weighted by Crippen LogP contribution is 2.13. The van der Waals surface area contributed by atoms with Crippen molar-refractivity contribution in [2.75, 3.05) is 6.26 Å². The van der Waals surface area contributed by atoms with Crippen molar-refractivity contribution >= 4 is 18.2 Å². The Labute approximate surface area is 101 Å². The van der Waals surface area contributed by atoms with E-state index < -0.39 is 18.2 Å². The fraction of sp³-hybridized carbons (Fsp3) is 0.818. The Morgan fingerprint density at radius 3 is 2.06 bits per heavy atom. The Morgan fingerprint density at radius 1 is 1.25 bits per heavy atom. The molecule has 0 N–H and O–H groups in total. The second-order valence-corrected chi connectivity index (χ2v) is 11.7. The van der Waals surface area contributed by atoms with Crippen LogP contribution >= 0.6 is 0 Å². The molecule has 5 heteroatoms. The lowest BCUT2D eigenvalue weighted by atomic mass is 10.1. The van der Waals surface area contributed by atoms with Gasteiger partial charge < -0.3 is 0 Å². The van der Waals surface area contributed by atoms with Gasteiger partial charge in [0, 0.05) is 6.42 Å². The molecule has 0 aromatic rings. The van der Waals surface area contributed by atoms with Crippen LogP contribution in [-0.4, -0.2) is 28.9 Å². The van der Waals surface area contributed by atoms with Gasteiger partial charge in [-0.3, -0.25) is 4.18 Å². The molecule has 0 heterocycles. The molecule has 3 nitrogen and oxygen atoms in total. The monoisotopic (exact) mass is 262 g/mol. The number of hydrogen-bond acceptors (Lipinski definition) is 3. The third-order valence-corrected chi connectivity index (χ3v) is 3.33. The first-order valence-electron chi connectivity index (χ1n) is 5.39. The molecule has 0 radical (unpaired) electrons. The summed E-state index contributed by atoms with van der Waals surface area (Å²) < 4.78 is 27.1. The van der Waals surface area contributed by atoms with Crippen LogP contribution in [0.15, 0.2) is 0 Å². The summed E-state index contributed by atoms with van der Waals surface area (Å²) in [5.74, 6) is 3.20. The van der Waals surface area contributed by atoms with Gasteiger partial charge in [-0.1, -0.05) is 33.5 Å². The molecular formula is C11H22O3SSi. The van der Waals surface area contributed by atoms with Crippen LogP contribution in [0.4, 0.5) is 0 Å². The summed E-state index contributed by atoms with van der Waals surface area (Å²) >= 11 is 0. The maximum Gasteiger partial charge on any atom is 0.264 e. The van der Waals surface area contributed by atoms with E-state index in [-0.39, 0.29) is 12.0 Å². The Balaban J connectivity index is 4.53. The lowest BCUT2D eigenvalue weighted by Crippen LogP contribution is -2.23. The van der Waals surface area contributed by atoms with Crippen molar-refractivity contribution in [1.29, 1.82) is 0 Å². The minimum atomic E-state index is -3.39. The molecule has 1 atom stereocenters. The zero-order valence-corrected chi connectivity index (χ0v) is 12.8. The molecule has 0 aliphatic carbocycles. The van der Waals surface area contributed by atoms with Gasteiger partial charge in [-0.25, -0.2) is 0 Å². The van der Waals surface area contributed by atoms with Crippen LogP contribution in [0.2, 0.25) is 19.6 Å². The molecule has 0 aliphatic rings. The normalized spacial score (nSPS) is 14.4. The van der Waals surface area contributed by atoms with E-state index in [2.05, 4.69) is 31.1 Å². The Bertz CT molecular complexity index is 368. The van der Waals surface area contributed by atoms with Gasteiger partial charge in [0.2, 0.25) is 0 Å². The van der Waals surface area contributed by atoms with Crippen molar-refractivity contribution in [3.05, 3.63) is 0 Å². The van der Waals surface area contributed by atoms with Crippen LogP contribution in [0, 0.1) is 17.4 Å². The van der Waals surface area contributed by atoms with E-state index in [1.165, 1.54) is 0 Å². The summed E-state index contributed by atoms with van der Waals surface area (Å²) in [5, 5.41) is 0. The molecule has 94 valence electrons. The molecule has 0 unspecified atom stereocenters. The highest BCUT2D eigenvalue weighted by Gasteiger charge is 2.18. The third-order valence-electron chi connectivity index (χ3n) is 1.81. The SMILES string of the molecule is CC(C)[C@H](CC#C[Si](C)(C)C)OS(C)(=O)=O. The zero-order valence-electron chi connectivity index (χ0n) is 11.0. The first-order chi connectivity index (χ1) is 7.01. The van der Waals surface area contributed by atoms with Crippen molar-refractivity contribution < 1.29 is 12.6 Å². The lowest BCUT2D eigenvalue weighted by Gasteiger charge is -2.17. The van der Waals surface area contributed by atoms with Crippen LogP contribution in [0.1, 0.15) is 20.3 Å². The molecular weight excluding hydrogens is 240 g/mol. The maximum atomic E-state index is 11.0. The van der Waals surface area contributed by atoms with Crippen molar-refractivity contribution in [2.24, 2.45) is 5.92 Å². The first kappa shape index (κ1) is 15.7. The molecule has 0 aromatic heterocycles. The Morgan fingerprint density at radius 2 is 1.75 bits per heavy atom. The molecule has 0 saturated carbocycles. The summed E-state index contributed by atoms with van der Waals surface area (Å²) in [6.45, 7) is 10.3. The van der Waals surface area contributed by atoms with E-state index in [0.717, 1.165) is 6.26 Å². The summed E-state index contributed by atoms with van der Waals surface area (Å²) in [5.41, 5.74) is 3.21. The fourth-order valence-corrected chi connectivity index (χ4v) is 2.39. The van der Waals surface area contributed by atoms with Crippen LogP contribution in [0.5, 0.6) is 0 Å². The van der Waals surface area contributed by atoms with Gasteiger partial charge in [-0.15, -0.1) is 11.5 Å². The van der Waals surface area contributed by atoms with E-state index in [9.17, 15) is 8.42 Å². The van der Waals surface area contributed by atoms with Crippen molar-refractivity contribution in [3.8, 4) is 11.5 Å². The molecule has 0 aromatic carbocycles. The van der Waals surface area contributed by atoms with E-state index in [1.807, 2.05) is 13.8 Å². The minimum Gasteiger partial charge on any atom is -0.266 e. The third kappa shape index (κ3) is 8.95. The summed E-state index contributed by atoms with van der Waals surface area (Å²) in [6, 6.07) is 0. The predicted molar refractivity (Wildman–Crippen MR) is 70.3 cm³/mol. The number of hydrogen-bond donors (Lipinski definition) is 0. The highest BCUT2D eigenvalue weighted by molar-refractivity contribution is 7.86. The largest absolute Gasteiger partial charge is 0.266 e. The van der Waals surface area contributed by atoms with E-state index in [1.54, 1.807) is 0 Å². The molecule has 0 rings (SSSR count). The molecule has 0 saturated heterocycles. The zero-order chi connectivity index (χ0) is 13.0. The van der Waals surface area contributed by atoms with Gasteiger partial charge in [-0.2, -0.15) is 8.42 Å². The summed E-state index contributed by atoms with van der Waals surface area (Å²) in [4.78, 5) is 0. The molecule has 0 fully saturated rings. The van der Waals surface area contributed by atoms with Gasteiger partial charge in [0.05, 0.1) is 12.4 Å². The lowest BCUT2D eigenvalue weighted by molar-refractivity contribution is 0.166. The Hall–Kier alpha value is -0.313. The van der Waals surface area contributed by atoms with E-state index in [4.69, 9.17) is 4.18 Å². The quantitative estimate of drug-likeness (QED) is 0.443. The number of rotatable bonds is 4. The second-order valence-electron chi connectivity index (χ2n) is 5.34. The van der Waals surface area contributed by atoms with Gasteiger partial charge in [0.15, 0.2) is 0 Å². The molecule has 0 spiro atoms.